The molecule has 0 fully saturated rings. The van der Waals surface area contributed by atoms with E-state index < -0.39 is 12.4 Å². The largest absolute Gasteiger partial charge is 0.469 e. The zero-order valence-corrected chi connectivity index (χ0v) is 10.3. The minimum absolute atomic E-state index is 0.0504. The lowest BCUT2D eigenvalue weighted by Crippen LogP contribution is -2.08. The first-order valence-corrected chi connectivity index (χ1v) is 5.25. The van der Waals surface area contributed by atoms with Gasteiger partial charge in [0.25, 0.3) is 6.43 Å². The summed E-state index contributed by atoms with van der Waals surface area (Å²) in [5.74, 6) is -0.477. The van der Waals surface area contributed by atoms with Gasteiger partial charge in [0.1, 0.15) is 5.69 Å². The standard InChI is InChI=1S/C10H10BrF2NO2/c1-5-4-14-9(10(12)13)8(11)6(5)3-7(15)16-2/h4,10H,3H2,1-2H3. The molecule has 16 heavy (non-hydrogen) atoms. The molecule has 3 nitrogen and oxygen atoms in total. The number of halogens is 3. The molecule has 0 atom stereocenters. The summed E-state index contributed by atoms with van der Waals surface area (Å²) in [4.78, 5) is 14.7. The molecule has 0 saturated heterocycles. The number of ether oxygens (including phenoxy) is 1. The highest BCUT2D eigenvalue weighted by molar-refractivity contribution is 9.10. The molecule has 0 saturated carbocycles. The van der Waals surface area contributed by atoms with Crippen LogP contribution in [0.4, 0.5) is 8.78 Å². The summed E-state index contributed by atoms with van der Waals surface area (Å²) in [5, 5.41) is 0. The van der Waals surface area contributed by atoms with E-state index in [1.165, 1.54) is 13.3 Å². The highest BCUT2D eigenvalue weighted by atomic mass is 79.9. The van der Waals surface area contributed by atoms with E-state index in [4.69, 9.17) is 0 Å². The molecule has 1 rings (SSSR count). The molecule has 1 heterocycles. The van der Waals surface area contributed by atoms with Crippen LogP contribution in [0.25, 0.3) is 0 Å². The second kappa shape index (κ2) is 5.34. The maximum Gasteiger partial charge on any atom is 0.310 e. The Morgan fingerprint density at radius 1 is 1.62 bits per heavy atom. The van der Waals surface area contributed by atoms with Gasteiger partial charge in [-0.25, -0.2) is 8.78 Å². The van der Waals surface area contributed by atoms with E-state index in [9.17, 15) is 13.6 Å². The quantitative estimate of drug-likeness (QED) is 0.805. The normalized spacial score (nSPS) is 10.6. The topological polar surface area (TPSA) is 39.2 Å². The molecule has 1 aromatic heterocycles. The third kappa shape index (κ3) is 2.75. The third-order valence-electron chi connectivity index (χ3n) is 2.12. The Balaban J connectivity index is 3.16. The number of alkyl halides is 2. The van der Waals surface area contributed by atoms with Gasteiger partial charge < -0.3 is 4.74 Å². The number of hydrogen-bond donors (Lipinski definition) is 0. The molecule has 0 bridgehead atoms. The van der Waals surface area contributed by atoms with Crippen molar-refractivity contribution in [3.63, 3.8) is 0 Å². The summed E-state index contributed by atoms with van der Waals surface area (Å²) < 4.78 is 29.8. The average Bonchev–Trinajstić information content (AvgIpc) is 2.23. The van der Waals surface area contributed by atoms with Crippen molar-refractivity contribution in [2.75, 3.05) is 7.11 Å². The average molecular weight is 294 g/mol. The second-order valence-electron chi connectivity index (χ2n) is 3.17. The predicted molar refractivity (Wildman–Crippen MR) is 57.4 cm³/mol. The first-order valence-electron chi connectivity index (χ1n) is 4.46. The zero-order valence-electron chi connectivity index (χ0n) is 8.76. The zero-order chi connectivity index (χ0) is 12.3. The minimum atomic E-state index is -2.67. The highest BCUT2D eigenvalue weighted by Gasteiger charge is 2.19. The van der Waals surface area contributed by atoms with Crippen LogP contribution in [0.15, 0.2) is 10.7 Å². The van der Waals surface area contributed by atoms with Gasteiger partial charge in [0, 0.05) is 10.7 Å². The summed E-state index contributed by atoms with van der Waals surface area (Å²) in [6, 6.07) is 0. The minimum Gasteiger partial charge on any atom is -0.469 e. The Bertz CT molecular complexity index is 410. The monoisotopic (exact) mass is 293 g/mol. The number of hydrogen-bond acceptors (Lipinski definition) is 3. The fraction of sp³-hybridized carbons (Fsp3) is 0.400. The van der Waals surface area contributed by atoms with E-state index in [1.54, 1.807) is 6.92 Å². The van der Waals surface area contributed by atoms with Crippen LogP contribution in [-0.4, -0.2) is 18.1 Å². The van der Waals surface area contributed by atoms with Crippen molar-refractivity contribution in [1.82, 2.24) is 4.98 Å². The molecule has 1 aromatic rings. The highest BCUT2D eigenvalue weighted by Crippen LogP contribution is 2.30. The lowest BCUT2D eigenvalue weighted by atomic mass is 10.1. The third-order valence-corrected chi connectivity index (χ3v) is 3.00. The fourth-order valence-electron chi connectivity index (χ4n) is 1.21. The van der Waals surface area contributed by atoms with Crippen LogP contribution in [0.5, 0.6) is 0 Å². The number of carbonyl (C=O) groups is 1. The van der Waals surface area contributed by atoms with Crippen molar-refractivity contribution < 1.29 is 18.3 Å². The van der Waals surface area contributed by atoms with Gasteiger partial charge in [-0.3, -0.25) is 9.78 Å². The molecule has 0 aliphatic rings. The summed E-state index contributed by atoms with van der Waals surface area (Å²) in [7, 11) is 1.25. The molecule has 0 aliphatic heterocycles. The molecule has 0 spiro atoms. The van der Waals surface area contributed by atoms with Crippen LogP contribution in [-0.2, 0) is 16.0 Å². The van der Waals surface area contributed by atoms with Crippen molar-refractivity contribution in [1.29, 1.82) is 0 Å². The molecular formula is C10H10BrF2NO2. The first kappa shape index (κ1) is 13.0. The molecule has 0 unspecified atom stereocenters. The first-order chi connectivity index (χ1) is 7.47. The molecular weight excluding hydrogens is 284 g/mol. The Kier molecular flexibility index (Phi) is 4.35. The number of carbonyl (C=O) groups excluding carboxylic acids is 1. The van der Waals surface area contributed by atoms with Crippen molar-refractivity contribution >= 4 is 21.9 Å². The lowest BCUT2D eigenvalue weighted by molar-refractivity contribution is -0.139. The number of aromatic nitrogens is 1. The van der Waals surface area contributed by atoms with Gasteiger partial charge in [-0.1, -0.05) is 0 Å². The van der Waals surface area contributed by atoms with Gasteiger partial charge in [0.05, 0.1) is 13.5 Å². The number of pyridine rings is 1. The van der Waals surface area contributed by atoms with E-state index in [0.717, 1.165) is 0 Å². The lowest BCUT2D eigenvalue weighted by Gasteiger charge is -2.10. The van der Waals surface area contributed by atoms with Gasteiger partial charge in [0.15, 0.2) is 0 Å². The van der Waals surface area contributed by atoms with E-state index in [1.807, 2.05) is 0 Å². The predicted octanol–water partition coefficient (Wildman–Crippen LogP) is 2.81. The van der Waals surface area contributed by atoms with E-state index in [-0.39, 0.29) is 16.6 Å². The summed E-state index contributed by atoms with van der Waals surface area (Å²) in [6.07, 6.45) is -1.40. The smallest absolute Gasteiger partial charge is 0.310 e. The van der Waals surface area contributed by atoms with Crippen molar-refractivity contribution in [3.8, 4) is 0 Å². The fourth-order valence-corrected chi connectivity index (χ4v) is 1.94. The molecule has 0 N–H and O–H groups in total. The Labute approximate surface area is 99.9 Å². The molecule has 6 heteroatoms. The van der Waals surface area contributed by atoms with E-state index in [2.05, 4.69) is 25.7 Å². The van der Waals surface area contributed by atoms with Crippen molar-refractivity contribution in [2.24, 2.45) is 0 Å². The molecule has 88 valence electrons. The number of methoxy groups -OCH3 is 1. The Morgan fingerprint density at radius 2 is 2.25 bits per heavy atom. The van der Waals surface area contributed by atoms with Gasteiger partial charge in [-0.05, 0) is 34.0 Å². The molecule has 0 aromatic carbocycles. The van der Waals surface area contributed by atoms with Crippen LogP contribution in [0.2, 0.25) is 0 Å². The van der Waals surface area contributed by atoms with Crippen LogP contribution < -0.4 is 0 Å². The van der Waals surface area contributed by atoms with Gasteiger partial charge in [0.2, 0.25) is 0 Å². The number of rotatable bonds is 3. The van der Waals surface area contributed by atoms with Gasteiger partial charge in [-0.15, -0.1) is 0 Å². The van der Waals surface area contributed by atoms with Crippen LogP contribution in [0.1, 0.15) is 23.2 Å². The van der Waals surface area contributed by atoms with E-state index >= 15 is 0 Å². The Morgan fingerprint density at radius 3 is 2.75 bits per heavy atom. The number of nitrogens with zero attached hydrogens (tertiary/aromatic N) is 1. The van der Waals surface area contributed by atoms with Gasteiger partial charge >= 0.3 is 5.97 Å². The summed E-state index contributed by atoms with van der Waals surface area (Å²) >= 11 is 3.04. The molecule has 0 aliphatic carbocycles. The van der Waals surface area contributed by atoms with Gasteiger partial charge in [-0.2, -0.15) is 0 Å². The van der Waals surface area contributed by atoms with Crippen LogP contribution >= 0.6 is 15.9 Å². The maximum absolute atomic E-state index is 12.6. The summed E-state index contributed by atoms with van der Waals surface area (Å²) in [5.41, 5.74) is 0.795. The molecule has 0 amide bonds. The SMILES string of the molecule is COC(=O)Cc1c(C)cnc(C(F)F)c1Br. The summed E-state index contributed by atoms with van der Waals surface area (Å²) in [6.45, 7) is 1.70. The van der Waals surface area contributed by atoms with Crippen LogP contribution in [0.3, 0.4) is 0 Å². The van der Waals surface area contributed by atoms with Crippen molar-refractivity contribution in [3.05, 3.63) is 27.5 Å². The van der Waals surface area contributed by atoms with Crippen LogP contribution in [0, 0.1) is 6.92 Å². The van der Waals surface area contributed by atoms with Crippen molar-refractivity contribution in [2.45, 2.75) is 19.8 Å². The van der Waals surface area contributed by atoms with E-state index in [0.29, 0.717) is 11.1 Å². The Hall–Kier alpha value is -1.04. The number of aryl methyl sites for hydroxylation is 1. The maximum atomic E-state index is 12.6. The number of esters is 1. The molecule has 0 radical (unpaired) electrons. The second-order valence-corrected chi connectivity index (χ2v) is 3.97.